The molecule has 1 fully saturated rings. The van der Waals surface area contributed by atoms with E-state index in [-0.39, 0.29) is 23.2 Å². The smallest absolute Gasteiger partial charge is 0.101 e. The third-order valence-corrected chi connectivity index (χ3v) is 6.57. The highest BCUT2D eigenvalue weighted by molar-refractivity contribution is 5.47. The van der Waals surface area contributed by atoms with Crippen molar-refractivity contribution in [1.29, 1.82) is 0 Å². The van der Waals surface area contributed by atoms with Gasteiger partial charge in [0.15, 0.2) is 0 Å². The van der Waals surface area contributed by atoms with Gasteiger partial charge in [0.05, 0.1) is 17.8 Å². The minimum atomic E-state index is -0.0584. The Balaban J connectivity index is 1.67. The first-order valence-corrected chi connectivity index (χ1v) is 8.66. The van der Waals surface area contributed by atoms with Crippen LogP contribution in [0.2, 0.25) is 0 Å². The molecule has 0 aliphatic carbocycles. The highest BCUT2D eigenvalue weighted by atomic mass is 16.5. The molecule has 0 saturated carbocycles. The first kappa shape index (κ1) is 14.7. The molecule has 0 N–H and O–H groups in total. The third-order valence-electron chi connectivity index (χ3n) is 6.57. The Kier molecular flexibility index (Phi) is 2.92. The molecule has 120 valence electrons. The summed E-state index contributed by atoms with van der Waals surface area (Å²) in [6, 6.07) is 0. The summed E-state index contributed by atoms with van der Waals surface area (Å²) in [7, 11) is 0. The molecule has 0 radical (unpaired) electrons. The molecule has 4 aliphatic rings. The molecule has 4 aliphatic heterocycles. The first-order chi connectivity index (χ1) is 10.2. The van der Waals surface area contributed by atoms with E-state index in [1.807, 2.05) is 0 Å². The van der Waals surface area contributed by atoms with Gasteiger partial charge in [-0.1, -0.05) is 20.8 Å². The zero-order valence-corrected chi connectivity index (χ0v) is 14.7. The van der Waals surface area contributed by atoms with Crippen LogP contribution in [0.25, 0.3) is 0 Å². The summed E-state index contributed by atoms with van der Waals surface area (Å²) in [5, 5.41) is 0. The Morgan fingerprint density at radius 3 is 2.45 bits per heavy atom. The van der Waals surface area contributed by atoms with Crippen LogP contribution < -0.4 is 0 Å². The summed E-state index contributed by atoms with van der Waals surface area (Å²) in [6.45, 7) is 13.7. The lowest BCUT2D eigenvalue weighted by Gasteiger charge is -2.42. The normalized spacial score (nSPS) is 40.3. The van der Waals surface area contributed by atoms with Crippen molar-refractivity contribution in [1.82, 2.24) is 0 Å². The van der Waals surface area contributed by atoms with E-state index in [4.69, 9.17) is 9.47 Å². The highest BCUT2D eigenvalue weighted by Gasteiger charge is 2.57. The van der Waals surface area contributed by atoms with Crippen molar-refractivity contribution in [2.24, 2.45) is 5.41 Å². The lowest BCUT2D eigenvalue weighted by molar-refractivity contribution is -0.0534. The molecule has 4 rings (SSSR count). The van der Waals surface area contributed by atoms with Gasteiger partial charge >= 0.3 is 0 Å². The lowest BCUT2D eigenvalue weighted by atomic mass is 9.66. The fraction of sp³-hybridized carbons (Fsp3) is 0.700. The molecule has 0 spiro atoms. The molecule has 0 aromatic carbocycles. The summed E-state index contributed by atoms with van der Waals surface area (Å²) in [6.07, 6.45) is 6.55. The number of fused-ring (bicyclic) bond motifs is 4. The van der Waals surface area contributed by atoms with Gasteiger partial charge in [0, 0.05) is 0 Å². The van der Waals surface area contributed by atoms with E-state index in [0.717, 1.165) is 6.42 Å². The largest absolute Gasteiger partial charge is 0.362 e. The van der Waals surface area contributed by atoms with E-state index in [2.05, 4.69) is 47.6 Å². The monoisotopic (exact) mass is 300 g/mol. The standard InChI is InChI=1S/C20H28O2/c1-11-12(2)18-14(10-17(11)21-18)9-15-13(3)16-7-8-20(15,22-16)19(4,5)6/h10,16-18H,7-9H2,1-6H3. The Morgan fingerprint density at radius 2 is 1.86 bits per heavy atom. The number of ether oxygens (including phenoxy) is 2. The van der Waals surface area contributed by atoms with Gasteiger partial charge in [-0.3, -0.25) is 0 Å². The Bertz CT molecular complexity index is 629. The average molecular weight is 300 g/mol. The predicted octanol–water partition coefficient (Wildman–Crippen LogP) is 4.71. The molecular weight excluding hydrogens is 272 g/mol. The zero-order valence-electron chi connectivity index (χ0n) is 14.7. The number of hydrogen-bond donors (Lipinski definition) is 0. The van der Waals surface area contributed by atoms with Gasteiger partial charge in [0.25, 0.3) is 0 Å². The van der Waals surface area contributed by atoms with Crippen LogP contribution >= 0.6 is 0 Å². The summed E-state index contributed by atoms with van der Waals surface area (Å²) in [5.74, 6) is 0. The minimum Gasteiger partial charge on any atom is -0.362 e. The van der Waals surface area contributed by atoms with E-state index in [0.29, 0.717) is 6.10 Å². The first-order valence-electron chi connectivity index (χ1n) is 8.66. The molecule has 4 atom stereocenters. The minimum absolute atomic E-state index is 0.0584. The maximum absolute atomic E-state index is 6.53. The Labute approximate surface area is 134 Å². The maximum atomic E-state index is 6.53. The van der Waals surface area contributed by atoms with Crippen LogP contribution in [-0.2, 0) is 9.47 Å². The van der Waals surface area contributed by atoms with E-state index in [9.17, 15) is 0 Å². The fourth-order valence-corrected chi connectivity index (χ4v) is 4.97. The summed E-state index contributed by atoms with van der Waals surface area (Å²) < 4.78 is 12.7. The van der Waals surface area contributed by atoms with Gasteiger partial charge in [-0.25, -0.2) is 0 Å². The average Bonchev–Trinajstić information content (AvgIpc) is 3.15. The summed E-state index contributed by atoms with van der Waals surface area (Å²) in [5.41, 5.74) is 7.42. The van der Waals surface area contributed by atoms with Crippen LogP contribution in [0.15, 0.2) is 33.9 Å². The molecule has 4 bridgehead atoms. The van der Waals surface area contributed by atoms with Crippen molar-refractivity contribution >= 4 is 0 Å². The van der Waals surface area contributed by atoms with Crippen LogP contribution in [0, 0.1) is 5.41 Å². The number of hydrogen-bond acceptors (Lipinski definition) is 2. The van der Waals surface area contributed by atoms with Crippen molar-refractivity contribution < 1.29 is 9.47 Å². The van der Waals surface area contributed by atoms with Gasteiger partial charge in [-0.15, -0.1) is 0 Å². The van der Waals surface area contributed by atoms with Gasteiger partial charge < -0.3 is 9.47 Å². The fourth-order valence-electron chi connectivity index (χ4n) is 4.97. The maximum Gasteiger partial charge on any atom is 0.101 e. The Morgan fingerprint density at radius 1 is 1.14 bits per heavy atom. The second-order valence-electron chi connectivity index (χ2n) is 8.60. The van der Waals surface area contributed by atoms with Gasteiger partial charge in [-0.2, -0.15) is 0 Å². The topological polar surface area (TPSA) is 18.5 Å². The third kappa shape index (κ3) is 1.68. The van der Waals surface area contributed by atoms with Crippen molar-refractivity contribution in [3.05, 3.63) is 33.9 Å². The highest BCUT2D eigenvalue weighted by Crippen LogP contribution is 2.58. The molecule has 0 aromatic rings. The molecule has 0 aromatic heterocycles. The zero-order chi connectivity index (χ0) is 15.9. The molecule has 22 heavy (non-hydrogen) atoms. The molecule has 4 unspecified atom stereocenters. The quantitative estimate of drug-likeness (QED) is 0.687. The lowest BCUT2D eigenvalue weighted by Crippen LogP contribution is -2.43. The van der Waals surface area contributed by atoms with Gasteiger partial charge in [-0.05, 0) is 79.4 Å². The van der Waals surface area contributed by atoms with Gasteiger partial charge in [0.2, 0.25) is 0 Å². The van der Waals surface area contributed by atoms with Crippen molar-refractivity contribution in [3.63, 3.8) is 0 Å². The van der Waals surface area contributed by atoms with Crippen LogP contribution in [0.4, 0.5) is 0 Å². The van der Waals surface area contributed by atoms with Crippen molar-refractivity contribution in [2.75, 3.05) is 0 Å². The summed E-state index contributed by atoms with van der Waals surface area (Å²) >= 11 is 0. The molecule has 0 amide bonds. The number of rotatable bonds is 2. The molecule has 4 heterocycles. The SMILES string of the molecule is CC1=C(C)C2OC1C=C2CC1=C(C)C2CCC1(C(C)(C)C)O2. The van der Waals surface area contributed by atoms with Crippen LogP contribution in [-0.4, -0.2) is 23.9 Å². The van der Waals surface area contributed by atoms with E-state index in [1.165, 1.54) is 35.1 Å². The second-order valence-corrected chi connectivity index (χ2v) is 8.60. The molecule has 2 nitrogen and oxygen atoms in total. The predicted molar refractivity (Wildman–Crippen MR) is 88.7 cm³/mol. The van der Waals surface area contributed by atoms with E-state index in [1.54, 1.807) is 5.57 Å². The molecule has 2 heteroatoms. The molecule has 1 saturated heterocycles. The second kappa shape index (κ2) is 4.36. The van der Waals surface area contributed by atoms with Gasteiger partial charge in [0.1, 0.15) is 6.10 Å². The van der Waals surface area contributed by atoms with Crippen molar-refractivity contribution in [2.45, 2.75) is 84.7 Å². The Hall–Kier alpha value is -0.860. The van der Waals surface area contributed by atoms with Crippen LogP contribution in [0.3, 0.4) is 0 Å². The van der Waals surface area contributed by atoms with Crippen molar-refractivity contribution in [3.8, 4) is 0 Å². The molecular formula is C20H28O2. The van der Waals surface area contributed by atoms with Crippen LogP contribution in [0.1, 0.15) is 60.8 Å². The van der Waals surface area contributed by atoms with Crippen LogP contribution in [0.5, 0.6) is 0 Å². The summed E-state index contributed by atoms with van der Waals surface area (Å²) in [4.78, 5) is 0. The van der Waals surface area contributed by atoms with E-state index < -0.39 is 0 Å². The van der Waals surface area contributed by atoms with E-state index >= 15 is 0 Å².